The third-order valence-electron chi connectivity index (χ3n) is 6.44. The molecular formula is C23H27F3N4O. The summed E-state index contributed by atoms with van der Waals surface area (Å²) in [6.45, 7) is 5.11. The highest BCUT2D eigenvalue weighted by molar-refractivity contribution is 5.73. The van der Waals surface area contributed by atoms with E-state index in [1.54, 1.807) is 19.2 Å². The Balaban J connectivity index is 1.47. The number of carbonyl (C=O) groups is 1. The topological polar surface area (TPSA) is 49.3 Å². The van der Waals surface area contributed by atoms with Crippen LogP contribution < -0.4 is 0 Å². The summed E-state index contributed by atoms with van der Waals surface area (Å²) in [7, 11) is 0. The molecule has 8 heteroatoms. The molecule has 31 heavy (non-hydrogen) atoms. The minimum absolute atomic E-state index is 0.136. The fourth-order valence-electron chi connectivity index (χ4n) is 4.70. The fraction of sp³-hybridized carbons (Fsp3) is 0.522. The average molecular weight is 432 g/mol. The van der Waals surface area contributed by atoms with Gasteiger partial charge in [-0.05, 0) is 44.4 Å². The van der Waals surface area contributed by atoms with Gasteiger partial charge in [0.15, 0.2) is 0 Å². The Morgan fingerprint density at radius 1 is 1.10 bits per heavy atom. The molecule has 0 aliphatic carbocycles. The summed E-state index contributed by atoms with van der Waals surface area (Å²) in [5.74, 6) is 0.342. The van der Waals surface area contributed by atoms with Gasteiger partial charge >= 0.3 is 6.18 Å². The van der Waals surface area contributed by atoms with E-state index in [-0.39, 0.29) is 11.8 Å². The van der Waals surface area contributed by atoms with E-state index in [0.29, 0.717) is 17.3 Å². The minimum atomic E-state index is -4.39. The normalized spacial score (nSPS) is 21.3. The Labute approximate surface area is 180 Å². The Hall–Kier alpha value is -2.48. The summed E-state index contributed by atoms with van der Waals surface area (Å²) in [5, 5.41) is 0. The van der Waals surface area contributed by atoms with Crippen LogP contribution in [-0.2, 0) is 11.0 Å². The number of likely N-dealkylation sites (tertiary alicyclic amines) is 2. The largest absolute Gasteiger partial charge is 0.416 e. The first kappa shape index (κ1) is 21.7. The van der Waals surface area contributed by atoms with Gasteiger partial charge in [0, 0.05) is 50.3 Å². The van der Waals surface area contributed by atoms with Crippen molar-refractivity contribution in [1.82, 2.24) is 19.8 Å². The lowest BCUT2D eigenvalue weighted by atomic mass is 9.91. The lowest BCUT2D eigenvalue weighted by molar-refractivity contribution is -0.137. The first-order chi connectivity index (χ1) is 14.8. The van der Waals surface area contributed by atoms with Crippen molar-refractivity contribution < 1.29 is 18.0 Å². The molecule has 2 aliphatic rings. The molecule has 0 bridgehead atoms. The maximum atomic E-state index is 13.1. The number of benzene rings is 1. The number of hydrogen-bond acceptors (Lipinski definition) is 4. The predicted octanol–water partition coefficient (Wildman–Crippen LogP) is 4.35. The second-order valence-electron chi connectivity index (χ2n) is 8.48. The molecule has 1 aromatic carbocycles. The number of hydrogen-bond donors (Lipinski definition) is 0. The van der Waals surface area contributed by atoms with Crippen LogP contribution in [0.3, 0.4) is 0 Å². The van der Waals surface area contributed by atoms with E-state index < -0.39 is 11.7 Å². The number of rotatable bonds is 3. The van der Waals surface area contributed by atoms with Gasteiger partial charge in [-0.25, -0.2) is 4.98 Å². The van der Waals surface area contributed by atoms with Crippen LogP contribution in [0.4, 0.5) is 13.2 Å². The molecule has 5 nitrogen and oxygen atoms in total. The Bertz CT molecular complexity index is 925. The van der Waals surface area contributed by atoms with Crippen molar-refractivity contribution >= 4 is 5.91 Å². The number of nitrogens with zero attached hydrogens (tertiary/aromatic N) is 4. The molecule has 1 aromatic heterocycles. The van der Waals surface area contributed by atoms with E-state index in [9.17, 15) is 18.0 Å². The van der Waals surface area contributed by atoms with Gasteiger partial charge in [-0.15, -0.1) is 0 Å². The van der Waals surface area contributed by atoms with Gasteiger partial charge in [-0.2, -0.15) is 13.2 Å². The van der Waals surface area contributed by atoms with Gasteiger partial charge in [0.2, 0.25) is 5.91 Å². The third kappa shape index (κ3) is 5.06. The molecule has 1 amide bonds. The summed E-state index contributed by atoms with van der Waals surface area (Å²) < 4.78 is 39.2. The van der Waals surface area contributed by atoms with Crippen molar-refractivity contribution in [3.63, 3.8) is 0 Å². The van der Waals surface area contributed by atoms with Crippen molar-refractivity contribution in [2.45, 2.75) is 50.7 Å². The molecule has 3 heterocycles. The molecular weight excluding hydrogens is 405 g/mol. The Morgan fingerprint density at radius 2 is 1.87 bits per heavy atom. The molecule has 0 radical (unpaired) electrons. The standard InChI is InChI=1S/C23H27F3N4O/c1-16(31)29-10-7-20(8-11-29)30-9-3-5-18(15-30)22-14-27-13-21(28-22)17-4-2-6-19(12-17)23(24,25)26/h2,4,6,12-14,18,20H,3,5,7-11,15H2,1H3/t18-/m0/s1. The van der Waals surface area contributed by atoms with E-state index in [1.165, 1.54) is 12.3 Å². The molecule has 2 saturated heterocycles. The molecule has 0 spiro atoms. The van der Waals surface area contributed by atoms with E-state index in [0.717, 1.165) is 69.7 Å². The molecule has 1 atom stereocenters. The lowest BCUT2D eigenvalue weighted by Crippen LogP contribution is -2.49. The second kappa shape index (κ2) is 8.94. The monoisotopic (exact) mass is 432 g/mol. The Morgan fingerprint density at radius 3 is 2.58 bits per heavy atom. The van der Waals surface area contributed by atoms with Gasteiger partial charge in [-0.3, -0.25) is 14.7 Å². The second-order valence-corrected chi connectivity index (χ2v) is 8.48. The smallest absolute Gasteiger partial charge is 0.343 e. The van der Waals surface area contributed by atoms with Crippen molar-refractivity contribution in [2.24, 2.45) is 0 Å². The van der Waals surface area contributed by atoms with Crippen LogP contribution in [0.2, 0.25) is 0 Å². The van der Waals surface area contributed by atoms with Crippen LogP contribution in [0.25, 0.3) is 11.3 Å². The minimum Gasteiger partial charge on any atom is -0.343 e. The number of piperidine rings is 2. The third-order valence-corrected chi connectivity index (χ3v) is 6.44. The fourth-order valence-corrected chi connectivity index (χ4v) is 4.70. The van der Waals surface area contributed by atoms with E-state index in [1.807, 2.05) is 4.90 Å². The van der Waals surface area contributed by atoms with Gasteiger partial charge in [0.25, 0.3) is 0 Å². The average Bonchev–Trinajstić information content (AvgIpc) is 2.79. The van der Waals surface area contributed by atoms with Crippen molar-refractivity contribution in [3.05, 3.63) is 47.9 Å². The highest BCUT2D eigenvalue weighted by Gasteiger charge is 2.32. The van der Waals surface area contributed by atoms with Gasteiger partial charge in [0.05, 0.1) is 23.1 Å². The SMILES string of the molecule is CC(=O)N1CCC(N2CCC[C@H](c3cncc(-c4cccc(C(F)(F)F)c4)n3)C2)CC1. The number of halogens is 3. The molecule has 4 rings (SSSR count). The van der Waals surface area contributed by atoms with Gasteiger partial charge < -0.3 is 4.90 Å². The summed E-state index contributed by atoms with van der Waals surface area (Å²) in [4.78, 5) is 25.0. The van der Waals surface area contributed by atoms with Crippen LogP contribution in [0, 0.1) is 0 Å². The molecule has 2 aliphatic heterocycles. The molecule has 2 aromatic rings. The maximum Gasteiger partial charge on any atom is 0.416 e. The van der Waals surface area contributed by atoms with Crippen molar-refractivity contribution in [1.29, 1.82) is 0 Å². The van der Waals surface area contributed by atoms with Gasteiger partial charge in [0.1, 0.15) is 0 Å². The molecule has 166 valence electrons. The maximum absolute atomic E-state index is 13.1. The summed E-state index contributed by atoms with van der Waals surface area (Å²) in [5.41, 5.74) is 1.04. The molecule has 0 unspecified atom stereocenters. The van der Waals surface area contributed by atoms with Crippen molar-refractivity contribution in [2.75, 3.05) is 26.2 Å². The van der Waals surface area contributed by atoms with Crippen LogP contribution in [0.5, 0.6) is 0 Å². The number of alkyl halides is 3. The number of aromatic nitrogens is 2. The molecule has 0 saturated carbocycles. The summed E-state index contributed by atoms with van der Waals surface area (Å²) in [6, 6.07) is 5.69. The predicted molar refractivity (Wildman–Crippen MR) is 111 cm³/mol. The van der Waals surface area contributed by atoms with E-state index >= 15 is 0 Å². The first-order valence-corrected chi connectivity index (χ1v) is 10.8. The zero-order valence-corrected chi connectivity index (χ0v) is 17.6. The zero-order chi connectivity index (χ0) is 22.0. The van der Waals surface area contributed by atoms with Crippen molar-refractivity contribution in [3.8, 4) is 11.3 Å². The van der Waals surface area contributed by atoms with Gasteiger partial charge in [-0.1, -0.05) is 12.1 Å². The van der Waals surface area contributed by atoms with E-state index in [4.69, 9.17) is 4.98 Å². The van der Waals surface area contributed by atoms with Crippen LogP contribution in [-0.4, -0.2) is 57.9 Å². The zero-order valence-electron chi connectivity index (χ0n) is 17.6. The van der Waals surface area contributed by atoms with Crippen LogP contribution in [0.15, 0.2) is 36.7 Å². The summed E-state index contributed by atoms with van der Waals surface area (Å²) in [6.07, 6.45) is 2.87. The highest BCUT2D eigenvalue weighted by Crippen LogP contribution is 2.33. The lowest BCUT2D eigenvalue weighted by Gasteiger charge is -2.42. The number of carbonyl (C=O) groups excluding carboxylic acids is 1. The highest BCUT2D eigenvalue weighted by atomic mass is 19.4. The summed E-state index contributed by atoms with van der Waals surface area (Å²) >= 11 is 0. The molecule has 2 fully saturated rings. The van der Waals surface area contributed by atoms with E-state index in [2.05, 4.69) is 9.88 Å². The number of amides is 1. The van der Waals surface area contributed by atoms with Crippen LogP contribution >= 0.6 is 0 Å². The first-order valence-electron chi connectivity index (χ1n) is 10.8. The molecule has 0 N–H and O–H groups in total. The quantitative estimate of drug-likeness (QED) is 0.724. The van der Waals surface area contributed by atoms with Crippen LogP contribution in [0.1, 0.15) is 49.8 Å². The Kier molecular flexibility index (Phi) is 6.27.